The molecule has 13 heavy (non-hydrogen) atoms. The van der Waals surface area contributed by atoms with Crippen molar-refractivity contribution in [3.8, 4) is 0 Å². The van der Waals surface area contributed by atoms with Crippen LogP contribution >= 0.6 is 0 Å². The lowest BCUT2D eigenvalue weighted by molar-refractivity contribution is -0.357. The van der Waals surface area contributed by atoms with Crippen molar-refractivity contribution in [1.82, 2.24) is 0 Å². The van der Waals surface area contributed by atoms with Gasteiger partial charge in [-0.05, 0) is 19.3 Å². The molecule has 3 heteroatoms. The average molecular weight is 184 g/mol. The predicted molar refractivity (Wildman–Crippen MR) is 47.2 cm³/mol. The highest BCUT2D eigenvalue weighted by atomic mass is 16.7. The molecule has 2 fully saturated rings. The Morgan fingerprint density at radius 3 is 2.15 bits per heavy atom. The molecule has 0 amide bonds. The Morgan fingerprint density at radius 1 is 1.23 bits per heavy atom. The number of aldehydes is 1. The molecule has 0 heterocycles. The maximum atomic E-state index is 10.5. The summed E-state index contributed by atoms with van der Waals surface area (Å²) in [5.41, 5.74) is 0.155. The summed E-state index contributed by atoms with van der Waals surface area (Å²) in [6, 6.07) is 0. The molecule has 2 aliphatic rings. The van der Waals surface area contributed by atoms with Crippen LogP contribution in [0.2, 0.25) is 0 Å². The number of carbonyl (C=O) groups is 1. The van der Waals surface area contributed by atoms with Crippen molar-refractivity contribution < 1.29 is 14.3 Å². The fraction of sp³-hybridized carbons (Fsp3) is 0.900. The second-order valence-corrected chi connectivity index (χ2v) is 4.25. The first-order chi connectivity index (χ1) is 6.22. The van der Waals surface area contributed by atoms with Crippen LogP contribution in [0.5, 0.6) is 0 Å². The summed E-state index contributed by atoms with van der Waals surface area (Å²) >= 11 is 0. The van der Waals surface area contributed by atoms with Crippen molar-refractivity contribution in [2.75, 3.05) is 14.2 Å². The van der Waals surface area contributed by atoms with Crippen LogP contribution in [-0.2, 0) is 14.3 Å². The largest absolute Gasteiger partial charge is 0.353 e. The SMILES string of the molecule is COC1(OC)CCC12CC(C=O)C2. The van der Waals surface area contributed by atoms with Gasteiger partial charge >= 0.3 is 0 Å². The van der Waals surface area contributed by atoms with Gasteiger partial charge in [-0.1, -0.05) is 0 Å². The number of hydrogen-bond donors (Lipinski definition) is 0. The van der Waals surface area contributed by atoms with E-state index in [1.54, 1.807) is 14.2 Å². The van der Waals surface area contributed by atoms with E-state index in [0.717, 1.165) is 32.0 Å². The second-order valence-electron chi connectivity index (χ2n) is 4.25. The molecule has 74 valence electrons. The Bertz CT molecular complexity index is 209. The zero-order chi connectivity index (χ0) is 9.53. The predicted octanol–water partition coefficient (Wildman–Crippen LogP) is 1.36. The lowest BCUT2D eigenvalue weighted by atomic mass is 9.48. The van der Waals surface area contributed by atoms with Gasteiger partial charge in [0.05, 0.1) is 0 Å². The quantitative estimate of drug-likeness (QED) is 0.491. The van der Waals surface area contributed by atoms with Gasteiger partial charge in [-0.3, -0.25) is 0 Å². The summed E-state index contributed by atoms with van der Waals surface area (Å²) in [6.07, 6.45) is 5.04. The lowest BCUT2D eigenvalue weighted by Crippen LogP contribution is -2.65. The minimum atomic E-state index is -0.382. The fourth-order valence-corrected chi connectivity index (χ4v) is 2.96. The van der Waals surface area contributed by atoms with E-state index >= 15 is 0 Å². The molecule has 0 atom stereocenters. The van der Waals surface area contributed by atoms with Crippen molar-refractivity contribution in [2.24, 2.45) is 11.3 Å². The lowest BCUT2D eigenvalue weighted by Gasteiger charge is -2.63. The molecule has 2 aliphatic carbocycles. The van der Waals surface area contributed by atoms with Crippen LogP contribution in [0.3, 0.4) is 0 Å². The van der Waals surface area contributed by atoms with Gasteiger partial charge in [0.15, 0.2) is 5.79 Å². The Kier molecular flexibility index (Phi) is 1.96. The number of rotatable bonds is 3. The molecule has 1 spiro atoms. The topological polar surface area (TPSA) is 35.5 Å². The summed E-state index contributed by atoms with van der Waals surface area (Å²) in [5.74, 6) is -0.142. The van der Waals surface area contributed by atoms with E-state index in [2.05, 4.69) is 0 Å². The highest BCUT2D eigenvalue weighted by molar-refractivity contribution is 5.56. The molecule has 0 saturated heterocycles. The van der Waals surface area contributed by atoms with E-state index in [1.807, 2.05) is 0 Å². The molecule has 3 nitrogen and oxygen atoms in total. The minimum absolute atomic E-state index is 0.155. The van der Waals surface area contributed by atoms with E-state index in [1.165, 1.54) is 0 Å². The monoisotopic (exact) mass is 184 g/mol. The minimum Gasteiger partial charge on any atom is -0.353 e. The molecule has 2 saturated carbocycles. The summed E-state index contributed by atoms with van der Waals surface area (Å²) in [7, 11) is 3.39. The maximum Gasteiger partial charge on any atom is 0.173 e. The standard InChI is InChI=1S/C10H16O3/c1-12-10(13-2)4-3-9(10)5-8(6-9)7-11/h7-8H,3-6H2,1-2H3. The van der Waals surface area contributed by atoms with Crippen molar-refractivity contribution in [2.45, 2.75) is 31.5 Å². The van der Waals surface area contributed by atoms with Crippen LogP contribution < -0.4 is 0 Å². The molecule has 0 aromatic rings. The first kappa shape index (κ1) is 9.16. The molecule has 0 aromatic heterocycles. The van der Waals surface area contributed by atoms with Gasteiger partial charge in [0.2, 0.25) is 0 Å². The van der Waals surface area contributed by atoms with Gasteiger partial charge in [-0.15, -0.1) is 0 Å². The summed E-state index contributed by atoms with van der Waals surface area (Å²) in [6.45, 7) is 0. The van der Waals surface area contributed by atoms with Crippen molar-refractivity contribution >= 4 is 6.29 Å². The van der Waals surface area contributed by atoms with Crippen LogP contribution in [0.15, 0.2) is 0 Å². The molecule has 0 radical (unpaired) electrons. The molecule has 0 aliphatic heterocycles. The molecular weight excluding hydrogens is 168 g/mol. The smallest absolute Gasteiger partial charge is 0.173 e. The molecule has 0 aromatic carbocycles. The third-order valence-electron chi connectivity index (χ3n) is 3.90. The van der Waals surface area contributed by atoms with E-state index in [0.29, 0.717) is 0 Å². The van der Waals surface area contributed by atoms with Gasteiger partial charge in [0, 0.05) is 32.0 Å². The summed E-state index contributed by atoms with van der Waals surface area (Å²) in [4.78, 5) is 10.5. The first-order valence-electron chi connectivity index (χ1n) is 4.77. The Morgan fingerprint density at radius 2 is 1.85 bits per heavy atom. The van der Waals surface area contributed by atoms with Gasteiger partial charge in [0.25, 0.3) is 0 Å². The Hall–Kier alpha value is -0.410. The number of hydrogen-bond acceptors (Lipinski definition) is 3. The van der Waals surface area contributed by atoms with Crippen molar-refractivity contribution in [1.29, 1.82) is 0 Å². The van der Waals surface area contributed by atoms with E-state index in [9.17, 15) is 4.79 Å². The number of methoxy groups -OCH3 is 2. The fourth-order valence-electron chi connectivity index (χ4n) is 2.96. The zero-order valence-corrected chi connectivity index (χ0v) is 8.21. The first-order valence-corrected chi connectivity index (χ1v) is 4.77. The molecule has 0 unspecified atom stereocenters. The molecule has 0 bridgehead atoms. The molecular formula is C10H16O3. The maximum absolute atomic E-state index is 10.5. The summed E-state index contributed by atoms with van der Waals surface area (Å²) in [5, 5.41) is 0. The van der Waals surface area contributed by atoms with Gasteiger partial charge in [-0.2, -0.15) is 0 Å². The van der Waals surface area contributed by atoms with Gasteiger partial charge < -0.3 is 14.3 Å². The Labute approximate surface area is 78.4 Å². The normalized spacial score (nSPS) is 40.9. The van der Waals surface area contributed by atoms with E-state index in [-0.39, 0.29) is 17.1 Å². The van der Waals surface area contributed by atoms with Crippen LogP contribution in [0.25, 0.3) is 0 Å². The third-order valence-corrected chi connectivity index (χ3v) is 3.90. The van der Waals surface area contributed by atoms with Gasteiger partial charge in [0.1, 0.15) is 6.29 Å². The Balaban J connectivity index is 2.06. The van der Waals surface area contributed by atoms with E-state index < -0.39 is 0 Å². The van der Waals surface area contributed by atoms with Crippen molar-refractivity contribution in [3.05, 3.63) is 0 Å². The third kappa shape index (κ3) is 0.945. The zero-order valence-electron chi connectivity index (χ0n) is 8.21. The highest BCUT2D eigenvalue weighted by Gasteiger charge is 2.65. The van der Waals surface area contributed by atoms with Crippen molar-refractivity contribution in [3.63, 3.8) is 0 Å². The molecule has 0 N–H and O–H groups in total. The van der Waals surface area contributed by atoms with Crippen LogP contribution in [0.1, 0.15) is 25.7 Å². The summed E-state index contributed by atoms with van der Waals surface area (Å²) < 4.78 is 10.9. The average Bonchev–Trinajstić information content (AvgIpc) is 2.04. The number of carbonyl (C=O) groups excluding carboxylic acids is 1. The number of ether oxygens (including phenoxy) is 2. The van der Waals surface area contributed by atoms with Gasteiger partial charge in [-0.25, -0.2) is 0 Å². The highest BCUT2D eigenvalue weighted by Crippen LogP contribution is 2.65. The second kappa shape index (κ2) is 2.79. The van der Waals surface area contributed by atoms with Crippen LogP contribution in [0, 0.1) is 11.3 Å². The van der Waals surface area contributed by atoms with Crippen LogP contribution in [0.4, 0.5) is 0 Å². The molecule has 2 rings (SSSR count). The van der Waals surface area contributed by atoms with Crippen LogP contribution in [-0.4, -0.2) is 26.3 Å². The van der Waals surface area contributed by atoms with E-state index in [4.69, 9.17) is 9.47 Å².